The maximum atomic E-state index is 13.2. The van der Waals surface area contributed by atoms with Crippen molar-refractivity contribution in [2.45, 2.75) is 34.5 Å². The highest BCUT2D eigenvalue weighted by Gasteiger charge is 2.24. The Labute approximate surface area is 180 Å². The van der Waals surface area contributed by atoms with Crippen LogP contribution >= 0.6 is 11.6 Å². The van der Waals surface area contributed by atoms with Gasteiger partial charge in [-0.2, -0.15) is 0 Å². The number of nitrogens with two attached hydrogens (primary N) is 1. The lowest BCUT2D eigenvalue weighted by atomic mass is 10.0. The van der Waals surface area contributed by atoms with Crippen LogP contribution in [0.15, 0.2) is 75.4 Å². The molecule has 0 amide bonds. The highest BCUT2D eigenvalue weighted by molar-refractivity contribution is 7.91. The van der Waals surface area contributed by atoms with Crippen molar-refractivity contribution in [3.8, 4) is 0 Å². The Morgan fingerprint density at radius 2 is 1.47 bits per heavy atom. The molecule has 0 aliphatic heterocycles. The number of rotatable bonds is 6. The van der Waals surface area contributed by atoms with Gasteiger partial charge in [-0.3, -0.25) is 0 Å². The van der Waals surface area contributed by atoms with Crippen molar-refractivity contribution in [1.29, 1.82) is 0 Å². The van der Waals surface area contributed by atoms with Crippen LogP contribution in [-0.4, -0.2) is 16.8 Å². The number of hydrogen-bond donors (Lipinski definition) is 1. The van der Waals surface area contributed by atoms with E-state index < -0.39 is 25.7 Å². The molecule has 0 heterocycles. The quantitative estimate of drug-likeness (QED) is 0.553. The summed E-state index contributed by atoms with van der Waals surface area (Å²) >= 11 is 5.89. The lowest BCUT2D eigenvalue weighted by molar-refractivity contribution is 0.593. The first kappa shape index (κ1) is 22.4. The maximum Gasteiger partial charge on any atom is 0.238 e. The minimum absolute atomic E-state index is 0.142. The Morgan fingerprint density at radius 3 is 2.03 bits per heavy atom. The highest BCUT2D eigenvalue weighted by atomic mass is 35.5. The summed E-state index contributed by atoms with van der Waals surface area (Å²) < 4.78 is 63.4. The van der Waals surface area contributed by atoms with E-state index in [1.54, 1.807) is 19.1 Å². The average Bonchev–Trinajstić information content (AvgIpc) is 2.67. The molecule has 9 heteroatoms. The first-order chi connectivity index (χ1) is 14.0. The third-order valence-corrected chi connectivity index (χ3v) is 7.82. The molecular formula is C21H19ClFNO4S2. The van der Waals surface area contributed by atoms with E-state index in [-0.39, 0.29) is 14.7 Å². The highest BCUT2D eigenvalue weighted by Crippen LogP contribution is 2.29. The molecule has 3 aromatic carbocycles. The molecular weight excluding hydrogens is 449 g/mol. The van der Waals surface area contributed by atoms with Crippen molar-refractivity contribution in [1.82, 2.24) is 0 Å². The summed E-state index contributed by atoms with van der Waals surface area (Å²) in [5.41, 5.74) is 1.89. The van der Waals surface area contributed by atoms with Crippen LogP contribution < -0.4 is 5.14 Å². The largest absolute Gasteiger partial charge is 0.238 e. The molecule has 3 rings (SSSR count). The SMILES string of the molecule is Cc1c(CCc2ccc(Cl)cc2)cc(S(=O)(=O)c2ccc(F)cc2)cc1S(N)(=O)=O. The van der Waals surface area contributed by atoms with Crippen molar-refractivity contribution in [3.05, 3.63) is 88.2 Å². The lowest BCUT2D eigenvalue weighted by Gasteiger charge is -2.14. The molecule has 0 aliphatic carbocycles. The molecule has 158 valence electrons. The number of benzene rings is 3. The summed E-state index contributed by atoms with van der Waals surface area (Å²) in [4.78, 5) is -0.608. The van der Waals surface area contributed by atoms with E-state index >= 15 is 0 Å². The smallest absolute Gasteiger partial charge is 0.225 e. The van der Waals surface area contributed by atoms with Crippen LogP contribution in [0.1, 0.15) is 16.7 Å². The van der Waals surface area contributed by atoms with Crippen LogP contribution in [0, 0.1) is 12.7 Å². The lowest BCUT2D eigenvalue weighted by Crippen LogP contribution is -2.16. The molecule has 0 saturated heterocycles. The minimum atomic E-state index is -4.16. The van der Waals surface area contributed by atoms with Crippen LogP contribution in [0.5, 0.6) is 0 Å². The van der Waals surface area contributed by atoms with Gasteiger partial charge in [-0.25, -0.2) is 26.4 Å². The van der Waals surface area contributed by atoms with Gasteiger partial charge in [0.05, 0.1) is 14.7 Å². The van der Waals surface area contributed by atoms with Crippen LogP contribution in [-0.2, 0) is 32.7 Å². The van der Waals surface area contributed by atoms with Crippen LogP contribution in [0.25, 0.3) is 0 Å². The van der Waals surface area contributed by atoms with Gasteiger partial charge in [-0.15, -0.1) is 0 Å². The first-order valence-electron chi connectivity index (χ1n) is 8.90. The number of sulfonamides is 1. The Hall–Kier alpha value is -2.26. The fraction of sp³-hybridized carbons (Fsp3) is 0.143. The average molecular weight is 468 g/mol. The molecule has 0 unspecified atom stereocenters. The molecule has 0 atom stereocenters. The zero-order valence-corrected chi connectivity index (χ0v) is 18.4. The number of sulfone groups is 1. The van der Waals surface area contributed by atoms with Gasteiger partial charge in [0.15, 0.2) is 0 Å². The third kappa shape index (κ3) is 4.89. The summed E-state index contributed by atoms with van der Waals surface area (Å²) in [5, 5.41) is 5.93. The summed E-state index contributed by atoms with van der Waals surface area (Å²) in [7, 11) is -8.23. The number of halogens is 2. The number of hydrogen-bond acceptors (Lipinski definition) is 4. The van der Waals surface area contributed by atoms with Gasteiger partial charge in [0, 0.05) is 5.02 Å². The zero-order valence-electron chi connectivity index (χ0n) is 16.0. The number of aryl methyl sites for hydroxylation is 2. The third-order valence-electron chi connectivity index (χ3n) is 4.78. The molecule has 0 aromatic heterocycles. The van der Waals surface area contributed by atoms with Gasteiger partial charge in [-0.05, 0) is 85.0 Å². The van der Waals surface area contributed by atoms with Gasteiger partial charge in [-0.1, -0.05) is 23.7 Å². The first-order valence-corrected chi connectivity index (χ1v) is 12.3. The van der Waals surface area contributed by atoms with E-state index in [1.165, 1.54) is 6.07 Å². The van der Waals surface area contributed by atoms with Crippen LogP contribution in [0.3, 0.4) is 0 Å². The van der Waals surface area contributed by atoms with Crippen molar-refractivity contribution in [3.63, 3.8) is 0 Å². The normalized spacial score (nSPS) is 12.1. The summed E-state index contributed by atoms with van der Waals surface area (Å²) in [6, 6.07) is 14.0. The van der Waals surface area contributed by atoms with E-state index in [2.05, 4.69) is 0 Å². The van der Waals surface area contributed by atoms with Crippen molar-refractivity contribution < 1.29 is 21.2 Å². The molecule has 30 heavy (non-hydrogen) atoms. The molecule has 2 N–H and O–H groups in total. The number of primary sulfonamides is 1. The second-order valence-corrected chi connectivity index (χ2v) is 10.8. The van der Waals surface area contributed by atoms with Crippen LogP contribution in [0.4, 0.5) is 4.39 Å². The van der Waals surface area contributed by atoms with Crippen molar-refractivity contribution in [2.75, 3.05) is 0 Å². The molecule has 0 spiro atoms. The molecule has 0 saturated carbocycles. The Bertz CT molecular complexity index is 1290. The van der Waals surface area contributed by atoms with Gasteiger partial charge >= 0.3 is 0 Å². The van der Waals surface area contributed by atoms with Gasteiger partial charge < -0.3 is 0 Å². The van der Waals surface area contributed by atoms with E-state index in [9.17, 15) is 21.2 Å². The van der Waals surface area contributed by atoms with Crippen molar-refractivity contribution in [2.24, 2.45) is 5.14 Å². The molecule has 0 radical (unpaired) electrons. The maximum absolute atomic E-state index is 13.2. The predicted octanol–water partition coefficient (Wildman–Crippen LogP) is 4.05. The minimum Gasteiger partial charge on any atom is -0.225 e. The Kier molecular flexibility index (Phi) is 6.33. The summed E-state index contributed by atoms with van der Waals surface area (Å²) in [5.74, 6) is -0.577. The molecule has 5 nitrogen and oxygen atoms in total. The Morgan fingerprint density at radius 1 is 0.867 bits per heavy atom. The predicted molar refractivity (Wildman–Crippen MR) is 113 cm³/mol. The van der Waals surface area contributed by atoms with E-state index in [1.807, 2.05) is 12.1 Å². The van der Waals surface area contributed by atoms with Gasteiger partial charge in [0.1, 0.15) is 5.82 Å². The molecule has 3 aromatic rings. The van der Waals surface area contributed by atoms with E-state index in [0.29, 0.717) is 29.0 Å². The summed E-state index contributed by atoms with van der Waals surface area (Å²) in [6.45, 7) is 1.59. The molecule has 0 bridgehead atoms. The fourth-order valence-electron chi connectivity index (χ4n) is 3.11. The van der Waals surface area contributed by atoms with Gasteiger partial charge in [0.25, 0.3) is 0 Å². The summed E-state index contributed by atoms with van der Waals surface area (Å²) in [6.07, 6.45) is 0.935. The van der Waals surface area contributed by atoms with Gasteiger partial charge in [0.2, 0.25) is 19.9 Å². The zero-order chi connectivity index (χ0) is 22.1. The standard InChI is InChI=1S/C21H19ClFNO4S2/c1-14-16(5-2-15-3-6-17(22)7-4-15)12-20(13-21(14)30(24,27)28)29(25,26)19-10-8-18(23)9-11-19/h3-4,6-13H,2,5H2,1H3,(H2,24,27,28). The monoisotopic (exact) mass is 467 g/mol. The van der Waals surface area contributed by atoms with Crippen LogP contribution in [0.2, 0.25) is 5.02 Å². The fourth-order valence-corrected chi connectivity index (χ4v) is 5.49. The second kappa shape index (κ2) is 8.47. The molecule has 0 aliphatic rings. The van der Waals surface area contributed by atoms with E-state index in [4.69, 9.17) is 16.7 Å². The van der Waals surface area contributed by atoms with E-state index in [0.717, 1.165) is 35.9 Å². The molecule has 0 fully saturated rings. The topological polar surface area (TPSA) is 94.3 Å². The second-order valence-electron chi connectivity index (χ2n) is 6.83. The Balaban J connectivity index is 2.08. The van der Waals surface area contributed by atoms with Crippen molar-refractivity contribution >= 4 is 31.5 Å².